The van der Waals surface area contributed by atoms with Gasteiger partial charge < -0.3 is 0 Å². The number of alkyl halides is 1. The molecule has 0 heterocycles. The van der Waals surface area contributed by atoms with Gasteiger partial charge in [0.25, 0.3) is 0 Å². The van der Waals surface area contributed by atoms with Crippen molar-refractivity contribution in [2.24, 2.45) is 0 Å². The molecular formula is C14H19ClO. The van der Waals surface area contributed by atoms with Crippen LogP contribution < -0.4 is 0 Å². The van der Waals surface area contributed by atoms with E-state index in [-0.39, 0.29) is 5.78 Å². The molecule has 0 amide bonds. The highest BCUT2D eigenvalue weighted by Crippen LogP contribution is 2.20. The van der Waals surface area contributed by atoms with E-state index in [0.717, 1.165) is 6.42 Å². The Kier molecular flexibility index (Phi) is 5.01. The summed E-state index contributed by atoms with van der Waals surface area (Å²) in [5, 5.41) is -0.394. The fourth-order valence-electron chi connectivity index (χ4n) is 1.58. The number of carbonyl (C=O) groups is 1. The van der Waals surface area contributed by atoms with Crippen LogP contribution in [0.5, 0.6) is 0 Å². The summed E-state index contributed by atoms with van der Waals surface area (Å²) < 4.78 is 0. The van der Waals surface area contributed by atoms with Crippen molar-refractivity contribution >= 4 is 17.4 Å². The Bertz CT molecular complexity index is 342. The van der Waals surface area contributed by atoms with E-state index in [1.807, 2.05) is 31.2 Å². The van der Waals surface area contributed by atoms with Gasteiger partial charge in [0.2, 0.25) is 0 Å². The average Bonchev–Trinajstić information content (AvgIpc) is 2.36. The first kappa shape index (κ1) is 13.2. The van der Waals surface area contributed by atoms with E-state index in [1.54, 1.807) is 0 Å². The van der Waals surface area contributed by atoms with Crippen LogP contribution in [0.25, 0.3) is 0 Å². The molecule has 0 fully saturated rings. The van der Waals surface area contributed by atoms with Crippen LogP contribution in [-0.2, 0) is 0 Å². The molecule has 0 radical (unpaired) electrons. The van der Waals surface area contributed by atoms with Crippen LogP contribution in [0, 0.1) is 0 Å². The zero-order valence-corrected chi connectivity index (χ0v) is 10.9. The van der Waals surface area contributed by atoms with Gasteiger partial charge in [-0.2, -0.15) is 0 Å². The summed E-state index contributed by atoms with van der Waals surface area (Å²) in [7, 11) is 0. The lowest BCUT2D eigenvalue weighted by Gasteiger charge is -2.10. The van der Waals surface area contributed by atoms with E-state index >= 15 is 0 Å². The predicted octanol–water partition coefficient (Wildman–Crippen LogP) is 4.40. The van der Waals surface area contributed by atoms with Crippen LogP contribution in [0.15, 0.2) is 24.3 Å². The number of Topliss-reactive ketones (excluding diaryl/α,β-unsaturated/α-hetero) is 1. The summed E-state index contributed by atoms with van der Waals surface area (Å²) in [6.45, 7) is 6.27. The number of rotatable bonds is 5. The minimum absolute atomic E-state index is 0.0277. The lowest BCUT2D eigenvalue weighted by molar-refractivity contribution is 0.0985. The Morgan fingerprint density at radius 3 is 2.19 bits per heavy atom. The molecule has 1 aromatic rings. The van der Waals surface area contributed by atoms with Crippen LogP contribution in [0.2, 0.25) is 0 Å². The predicted molar refractivity (Wildman–Crippen MR) is 69.4 cm³/mol. The smallest absolute Gasteiger partial charge is 0.180 e. The van der Waals surface area contributed by atoms with Crippen molar-refractivity contribution in [3.63, 3.8) is 0 Å². The molecule has 1 aromatic carbocycles. The summed E-state index contributed by atoms with van der Waals surface area (Å²) in [6.07, 6.45) is 1.79. The van der Waals surface area contributed by atoms with Crippen molar-refractivity contribution in [3.8, 4) is 0 Å². The van der Waals surface area contributed by atoms with Gasteiger partial charge in [-0.25, -0.2) is 0 Å². The van der Waals surface area contributed by atoms with Crippen molar-refractivity contribution in [1.29, 1.82) is 0 Å². The topological polar surface area (TPSA) is 17.1 Å². The largest absolute Gasteiger partial charge is 0.293 e. The molecule has 88 valence electrons. The summed E-state index contributed by atoms with van der Waals surface area (Å²) in [5.41, 5.74) is 2.00. The number of hydrogen-bond acceptors (Lipinski definition) is 1. The van der Waals surface area contributed by atoms with Gasteiger partial charge in [-0.05, 0) is 24.3 Å². The van der Waals surface area contributed by atoms with Gasteiger partial charge in [0.1, 0.15) is 0 Å². The highest BCUT2D eigenvalue weighted by atomic mass is 35.5. The van der Waals surface area contributed by atoms with Crippen LogP contribution in [-0.4, -0.2) is 11.2 Å². The Hall–Kier alpha value is -0.820. The van der Waals surface area contributed by atoms with E-state index in [1.165, 1.54) is 5.56 Å². The minimum atomic E-state index is -0.394. The van der Waals surface area contributed by atoms with Gasteiger partial charge in [0.15, 0.2) is 5.78 Å². The standard InChI is InChI=1S/C14H19ClO/c1-4-10(3)11-6-8-12(9-7-11)14(16)13(15)5-2/h6-10,13H,4-5H2,1-3H3. The highest BCUT2D eigenvalue weighted by Gasteiger charge is 2.15. The SMILES string of the molecule is CCC(Cl)C(=O)c1ccc(C(C)CC)cc1. The number of hydrogen-bond donors (Lipinski definition) is 0. The second kappa shape index (κ2) is 6.05. The molecule has 0 saturated carbocycles. The Morgan fingerprint density at radius 2 is 1.75 bits per heavy atom. The summed E-state index contributed by atoms with van der Waals surface area (Å²) in [4.78, 5) is 11.8. The maximum atomic E-state index is 11.8. The molecule has 2 unspecified atom stereocenters. The van der Waals surface area contributed by atoms with Crippen LogP contribution in [0.3, 0.4) is 0 Å². The zero-order valence-electron chi connectivity index (χ0n) is 10.2. The first-order valence-corrected chi connectivity index (χ1v) is 6.32. The van der Waals surface area contributed by atoms with Crippen molar-refractivity contribution in [1.82, 2.24) is 0 Å². The van der Waals surface area contributed by atoms with Crippen molar-refractivity contribution in [2.75, 3.05) is 0 Å². The number of carbonyl (C=O) groups excluding carboxylic acids is 1. The van der Waals surface area contributed by atoms with Gasteiger partial charge in [-0.1, -0.05) is 45.0 Å². The molecule has 0 saturated heterocycles. The number of ketones is 1. The number of halogens is 1. The minimum Gasteiger partial charge on any atom is -0.293 e. The van der Waals surface area contributed by atoms with E-state index in [4.69, 9.17) is 11.6 Å². The second-order valence-corrected chi connectivity index (χ2v) is 4.70. The molecule has 0 aliphatic heterocycles. The monoisotopic (exact) mass is 238 g/mol. The van der Waals surface area contributed by atoms with Crippen LogP contribution >= 0.6 is 11.6 Å². The van der Waals surface area contributed by atoms with Gasteiger partial charge in [-0.3, -0.25) is 4.79 Å². The fraction of sp³-hybridized carbons (Fsp3) is 0.500. The quantitative estimate of drug-likeness (QED) is 0.549. The molecule has 0 aliphatic rings. The van der Waals surface area contributed by atoms with Crippen molar-refractivity contribution in [2.45, 2.75) is 44.9 Å². The third-order valence-electron chi connectivity index (χ3n) is 3.02. The molecule has 0 aromatic heterocycles. The first-order chi connectivity index (χ1) is 7.60. The molecule has 0 spiro atoms. The first-order valence-electron chi connectivity index (χ1n) is 5.88. The van der Waals surface area contributed by atoms with Gasteiger partial charge >= 0.3 is 0 Å². The third kappa shape index (κ3) is 3.08. The number of benzene rings is 1. The maximum absolute atomic E-state index is 11.8. The van der Waals surface area contributed by atoms with E-state index in [9.17, 15) is 4.79 Å². The molecule has 16 heavy (non-hydrogen) atoms. The molecule has 0 bridgehead atoms. The van der Waals surface area contributed by atoms with Crippen molar-refractivity contribution in [3.05, 3.63) is 35.4 Å². The molecule has 0 aliphatic carbocycles. The Labute approximate surface area is 103 Å². The third-order valence-corrected chi connectivity index (χ3v) is 3.53. The average molecular weight is 239 g/mol. The van der Waals surface area contributed by atoms with E-state index in [2.05, 4.69) is 13.8 Å². The maximum Gasteiger partial charge on any atom is 0.180 e. The van der Waals surface area contributed by atoms with E-state index < -0.39 is 5.38 Å². The lowest BCUT2D eigenvalue weighted by Crippen LogP contribution is -2.13. The summed E-state index contributed by atoms with van der Waals surface area (Å²) >= 11 is 5.93. The molecule has 2 atom stereocenters. The summed E-state index contributed by atoms with van der Waals surface area (Å²) in [5.74, 6) is 0.571. The normalized spacial score (nSPS) is 14.5. The van der Waals surface area contributed by atoms with Crippen LogP contribution in [0.1, 0.15) is 55.5 Å². The van der Waals surface area contributed by atoms with Gasteiger partial charge in [0.05, 0.1) is 5.38 Å². The molecule has 1 rings (SSSR count). The Morgan fingerprint density at radius 1 is 1.19 bits per heavy atom. The molecule has 0 N–H and O–H groups in total. The van der Waals surface area contributed by atoms with Gasteiger partial charge in [0, 0.05) is 5.56 Å². The van der Waals surface area contributed by atoms with Crippen molar-refractivity contribution < 1.29 is 4.79 Å². The lowest BCUT2D eigenvalue weighted by atomic mass is 9.96. The zero-order chi connectivity index (χ0) is 12.1. The summed E-state index contributed by atoms with van der Waals surface area (Å²) in [6, 6.07) is 7.82. The molecule has 2 heteroatoms. The Balaban J connectivity index is 2.82. The highest BCUT2D eigenvalue weighted by molar-refractivity contribution is 6.33. The fourth-order valence-corrected chi connectivity index (χ4v) is 1.70. The van der Waals surface area contributed by atoms with Crippen LogP contribution in [0.4, 0.5) is 0 Å². The second-order valence-electron chi connectivity index (χ2n) is 4.17. The molecule has 1 nitrogen and oxygen atoms in total. The van der Waals surface area contributed by atoms with Gasteiger partial charge in [-0.15, -0.1) is 11.6 Å². The molecular weight excluding hydrogens is 220 g/mol. The van der Waals surface area contributed by atoms with E-state index in [0.29, 0.717) is 17.9 Å².